The molecule has 1 saturated carbocycles. The molecule has 6 heteroatoms. The molecule has 2 N–H and O–H groups in total. The van der Waals surface area contributed by atoms with Crippen molar-refractivity contribution in [1.82, 2.24) is 10.2 Å². The molecule has 0 spiro atoms. The van der Waals surface area contributed by atoms with Crippen molar-refractivity contribution in [3.8, 4) is 11.9 Å². The van der Waals surface area contributed by atoms with Gasteiger partial charge in [0.25, 0.3) is 5.91 Å². The van der Waals surface area contributed by atoms with Crippen LogP contribution in [0.15, 0.2) is 24.3 Å². The van der Waals surface area contributed by atoms with Crippen LogP contribution in [-0.4, -0.2) is 34.9 Å². The van der Waals surface area contributed by atoms with Crippen LogP contribution in [0.4, 0.5) is 0 Å². The first-order chi connectivity index (χ1) is 10.4. The van der Waals surface area contributed by atoms with Gasteiger partial charge < -0.3 is 10.4 Å². The number of amides is 2. The third kappa shape index (κ3) is 3.55. The van der Waals surface area contributed by atoms with E-state index in [0.717, 1.165) is 23.3 Å². The summed E-state index contributed by atoms with van der Waals surface area (Å²) in [6.07, 6.45) is 3.66. The number of likely N-dealkylation sites (N-methyl/N-ethyl adjacent to an activating group) is 1. The van der Waals surface area contributed by atoms with E-state index in [9.17, 15) is 14.7 Å². The van der Waals surface area contributed by atoms with Gasteiger partial charge in [0.1, 0.15) is 11.8 Å². The Bertz CT molecular complexity index is 615. The third-order valence-electron chi connectivity index (χ3n) is 4.01. The molecule has 1 aromatic rings. The van der Waals surface area contributed by atoms with Crippen molar-refractivity contribution in [3.05, 3.63) is 29.8 Å². The highest BCUT2D eigenvalue weighted by molar-refractivity contribution is 5.91. The van der Waals surface area contributed by atoms with E-state index in [-0.39, 0.29) is 18.1 Å². The summed E-state index contributed by atoms with van der Waals surface area (Å²) in [5.41, 5.74) is 0.405. The van der Waals surface area contributed by atoms with E-state index >= 15 is 0 Å². The minimum absolute atomic E-state index is 0.135. The zero-order valence-electron chi connectivity index (χ0n) is 12.7. The normalized spacial score (nSPS) is 16.2. The van der Waals surface area contributed by atoms with Crippen molar-refractivity contribution in [2.45, 2.75) is 32.2 Å². The maximum Gasteiger partial charge on any atom is 0.258 e. The van der Waals surface area contributed by atoms with Crippen LogP contribution in [0.3, 0.4) is 0 Å². The monoisotopic (exact) mass is 301 g/mol. The highest BCUT2D eigenvalue weighted by Crippen LogP contribution is 2.45. The molecule has 1 aliphatic rings. The van der Waals surface area contributed by atoms with E-state index in [0.29, 0.717) is 0 Å². The summed E-state index contributed by atoms with van der Waals surface area (Å²) >= 11 is 0. The maximum atomic E-state index is 12.3. The number of carbonyl (C=O) groups is 2. The van der Waals surface area contributed by atoms with Gasteiger partial charge in [0, 0.05) is 18.9 Å². The second-order valence-corrected chi connectivity index (χ2v) is 5.95. The van der Waals surface area contributed by atoms with Crippen LogP contribution in [0, 0.1) is 16.9 Å². The van der Waals surface area contributed by atoms with Crippen molar-refractivity contribution >= 4 is 11.8 Å². The number of nitriles is 1. The topological polar surface area (TPSA) is 93.4 Å². The average molecular weight is 301 g/mol. The first kappa shape index (κ1) is 15.8. The summed E-state index contributed by atoms with van der Waals surface area (Å²) < 4.78 is 0. The molecule has 0 aliphatic heterocycles. The second-order valence-electron chi connectivity index (χ2n) is 5.95. The molecule has 0 bridgehead atoms. The zero-order valence-corrected chi connectivity index (χ0v) is 12.7. The van der Waals surface area contributed by atoms with E-state index in [1.54, 1.807) is 18.3 Å². The number of nitrogens with zero attached hydrogens (tertiary/aromatic N) is 2. The van der Waals surface area contributed by atoms with Gasteiger partial charge in [0.05, 0.1) is 0 Å². The lowest BCUT2D eigenvalue weighted by atomic mass is 10.0. The van der Waals surface area contributed by atoms with Crippen molar-refractivity contribution < 1.29 is 14.7 Å². The zero-order chi connectivity index (χ0) is 16.3. The molecular weight excluding hydrogens is 282 g/mol. The van der Waals surface area contributed by atoms with Gasteiger partial charge in [0.2, 0.25) is 5.91 Å². The molecule has 0 aromatic heterocycles. The Labute approximate surface area is 129 Å². The molecule has 6 nitrogen and oxygen atoms in total. The number of carbonyl (C=O) groups excluding carboxylic acids is 2. The van der Waals surface area contributed by atoms with Crippen LogP contribution in [0.2, 0.25) is 0 Å². The number of hydrogen-bond donors (Lipinski definition) is 2. The van der Waals surface area contributed by atoms with E-state index in [1.807, 2.05) is 6.92 Å². The quantitative estimate of drug-likeness (QED) is 0.630. The van der Waals surface area contributed by atoms with Crippen molar-refractivity contribution in [2.24, 2.45) is 5.41 Å². The van der Waals surface area contributed by atoms with Gasteiger partial charge in [-0.1, -0.05) is 19.1 Å². The summed E-state index contributed by atoms with van der Waals surface area (Å²) in [5, 5.41) is 20.9. The fourth-order valence-corrected chi connectivity index (χ4v) is 2.10. The van der Waals surface area contributed by atoms with E-state index in [4.69, 9.17) is 5.26 Å². The number of rotatable bonds is 5. The minimum atomic E-state index is -0.792. The Balaban J connectivity index is 2.13. The van der Waals surface area contributed by atoms with E-state index < -0.39 is 17.4 Å². The predicted octanol–water partition coefficient (Wildman–Crippen LogP) is 1.16. The van der Waals surface area contributed by atoms with Crippen LogP contribution in [0.25, 0.3) is 0 Å². The molecule has 22 heavy (non-hydrogen) atoms. The standard InChI is InChI=1S/C16H19N3O3/c1-16(7-8-16)15(22)18-13(14(21)19(2)10-17)9-11-3-5-12(20)6-4-11/h3-6,13,20H,7-9H2,1-2H3,(H,18,22). The van der Waals surface area contributed by atoms with Crippen LogP contribution in [0.5, 0.6) is 5.75 Å². The molecule has 1 aliphatic carbocycles. The number of aromatic hydroxyl groups is 1. The summed E-state index contributed by atoms with van der Waals surface area (Å²) in [4.78, 5) is 25.4. The SMILES string of the molecule is CN(C#N)C(=O)C(Cc1ccc(O)cc1)NC(=O)C1(C)CC1. The van der Waals surface area contributed by atoms with Gasteiger partial charge in [-0.25, -0.2) is 0 Å². The van der Waals surface area contributed by atoms with Crippen LogP contribution in [0.1, 0.15) is 25.3 Å². The lowest BCUT2D eigenvalue weighted by Crippen LogP contribution is -2.49. The van der Waals surface area contributed by atoms with Gasteiger partial charge in [0.15, 0.2) is 6.19 Å². The molecule has 2 rings (SSSR count). The fraction of sp³-hybridized carbons (Fsp3) is 0.438. The Morgan fingerprint density at radius 1 is 1.41 bits per heavy atom. The van der Waals surface area contributed by atoms with Gasteiger partial charge in [-0.15, -0.1) is 0 Å². The summed E-state index contributed by atoms with van der Waals surface area (Å²) in [6.45, 7) is 1.86. The molecule has 1 fully saturated rings. The molecular formula is C16H19N3O3. The smallest absolute Gasteiger partial charge is 0.258 e. The highest BCUT2D eigenvalue weighted by atomic mass is 16.3. The van der Waals surface area contributed by atoms with Gasteiger partial charge in [-0.05, 0) is 30.5 Å². The number of benzene rings is 1. The second kappa shape index (κ2) is 6.06. The predicted molar refractivity (Wildman–Crippen MR) is 79.5 cm³/mol. The largest absolute Gasteiger partial charge is 0.508 e. The van der Waals surface area contributed by atoms with Gasteiger partial charge in [-0.3, -0.25) is 14.5 Å². The Kier molecular flexibility index (Phi) is 4.36. The minimum Gasteiger partial charge on any atom is -0.508 e. The summed E-state index contributed by atoms with van der Waals surface area (Å²) in [7, 11) is 1.37. The molecule has 0 heterocycles. The molecule has 116 valence electrons. The van der Waals surface area contributed by atoms with Gasteiger partial charge in [-0.2, -0.15) is 5.26 Å². The van der Waals surface area contributed by atoms with E-state index in [1.165, 1.54) is 19.2 Å². The molecule has 1 atom stereocenters. The van der Waals surface area contributed by atoms with Crippen molar-refractivity contribution in [1.29, 1.82) is 5.26 Å². The molecule has 1 aromatic carbocycles. The molecule has 2 amide bonds. The highest BCUT2D eigenvalue weighted by Gasteiger charge is 2.46. The third-order valence-corrected chi connectivity index (χ3v) is 4.01. The Hall–Kier alpha value is -2.55. The lowest BCUT2D eigenvalue weighted by Gasteiger charge is -2.22. The Morgan fingerprint density at radius 2 is 2.00 bits per heavy atom. The molecule has 1 unspecified atom stereocenters. The number of phenols is 1. The van der Waals surface area contributed by atoms with Crippen LogP contribution in [-0.2, 0) is 16.0 Å². The lowest BCUT2D eigenvalue weighted by molar-refractivity contribution is -0.134. The first-order valence-corrected chi connectivity index (χ1v) is 7.12. The first-order valence-electron chi connectivity index (χ1n) is 7.12. The van der Waals surface area contributed by atoms with Crippen LogP contribution < -0.4 is 5.32 Å². The average Bonchev–Trinajstić information content (AvgIpc) is 3.26. The number of phenolic OH excluding ortho intramolecular Hbond substituents is 1. The van der Waals surface area contributed by atoms with Crippen molar-refractivity contribution in [2.75, 3.05) is 7.05 Å². The number of hydrogen-bond acceptors (Lipinski definition) is 4. The Morgan fingerprint density at radius 3 is 2.50 bits per heavy atom. The summed E-state index contributed by atoms with van der Waals surface area (Å²) in [6, 6.07) is 5.63. The number of nitrogens with one attached hydrogen (secondary N) is 1. The fourth-order valence-electron chi connectivity index (χ4n) is 2.10. The maximum absolute atomic E-state index is 12.3. The van der Waals surface area contributed by atoms with Crippen LogP contribution >= 0.6 is 0 Å². The summed E-state index contributed by atoms with van der Waals surface area (Å²) in [5.74, 6) is -0.473. The van der Waals surface area contributed by atoms with Crippen molar-refractivity contribution in [3.63, 3.8) is 0 Å². The van der Waals surface area contributed by atoms with E-state index in [2.05, 4.69) is 5.32 Å². The molecule has 0 radical (unpaired) electrons. The molecule has 0 saturated heterocycles. The van der Waals surface area contributed by atoms with Gasteiger partial charge >= 0.3 is 0 Å².